The Morgan fingerprint density at radius 1 is 1.08 bits per heavy atom. The number of nitrogens with zero attached hydrogens (tertiary/aromatic N) is 1. The van der Waals surface area contributed by atoms with Crippen molar-refractivity contribution in [3.63, 3.8) is 0 Å². The highest BCUT2D eigenvalue weighted by Gasteiger charge is 2.19. The van der Waals surface area contributed by atoms with Crippen LogP contribution in [0.15, 0.2) is 62.4 Å². The molecule has 2 aromatic carbocycles. The van der Waals surface area contributed by atoms with Gasteiger partial charge < -0.3 is 4.52 Å². The summed E-state index contributed by atoms with van der Waals surface area (Å²) in [7, 11) is -3.72. The Morgan fingerprint density at radius 2 is 1.88 bits per heavy atom. The van der Waals surface area contributed by atoms with E-state index in [9.17, 15) is 8.42 Å². The summed E-state index contributed by atoms with van der Waals surface area (Å²) < 4.78 is 34.1. The third-order valence-corrected chi connectivity index (χ3v) is 5.48. The second-order valence-corrected chi connectivity index (χ2v) is 8.00. The molecule has 0 aliphatic rings. The zero-order valence-electron chi connectivity index (χ0n) is 13.1. The molecule has 1 aromatic heterocycles. The van der Waals surface area contributed by atoms with Crippen LogP contribution in [0.5, 0.6) is 0 Å². The first kappa shape index (κ1) is 16.7. The number of hydrogen-bond donors (Lipinski definition) is 1. The van der Waals surface area contributed by atoms with E-state index < -0.39 is 10.0 Å². The van der Waals surface area contributed by atoms with Crippen LogP contribution in [0.2, 0.25) is 0 Å². The molecule has 0 saturated heterocycles. The SMILES string of the molecule is Cc1cc(-c2ccc(C)c(S(=O)(=O)Nc3cccc(Br)c3)c2)on1. The monoisotopic (exact) mass is 406 g/mol. The van der Waals surface area contributed by atoms with E-state index in [2.05, 4.69) is 25.8 Å². The van der Waals surface area contributed by atoms with Crippen LogP contribution in [0, 0.1) is 13.8 Å². The highest BCUT2D eigenvalue weighted by Crippen LogP contribution is 2.27. The first-order valence-corrected chi connectivity index (χ1v) is 9.45. The molecule has 5 nitrogen and oxygen atoms in total. The Balaban J connectivity index is 2.01. The molecule has 3 rings (SSSR count). The highest BCUT2D eigenvalue weighted by atomic mass is 79.9. The molecule has 124 valence electrons. The van der Waals surface area contributed by atoms with Gasteiger partial charge in [0.05, 0.1) is 10.6 Å². The Kier molecular flexibility index (Phi) is 4.47. The van der Waals surface area contributed by atoms with Crippen molar-refractivity contribution in [2.24, 2.45) is 0 Å². The van der Waals surface area contributed by atoms with Crippen LogP contribution in [0.1, 0.15) is 11.3 Å². The fraction of sp³-hybridized carbons (Fsp3) is 0.118. The predicted molar refractivity (Wildman–Crippen MR) is 96.4 cm³/mol. The van der Waals surface area contributed by atoms with Crippen molar-refractivity contribution < 1.29 is 12.9 Å². The predicted octanol–water partition coefficient (Wildman–Crippen LogP) is 4.52. The molecule has 0 spiro atoms. The van der Waals surface area contributed by atoms with E-state index in [4.69, 9.17) is 4.52 Å². The Labute approximate surface area is 148 Å². The van der Waals surface area contributed by atoms with Crippen LogP contribution >= 0.6 is 15.9 Å². The fourth-order valence-corrected chi connectivity index (χ4v) is 4.03. The summed E-state index contributed by atoms with van der Waals surface area (Å²) in [6.45, 7) is 3.57. The standard InChI is InChI=1S/C17H15BrN2O3S/c1-11-6-7-13(16-8-12(2)19-23-16)9-17(11)24(21,22)20-15-5-3-4-14(18)10-15/h3-10,20H,1-2H3. The third-order valence-electron chi connectivity index (χ3n) is 3.47. The van der Waals surface area contributed by atoms with Gasteiger partial charge in [-0.05, 0) is 43.7 Å². The van der Waals surface area contributed by atoms with Gasteiger partial charge in [0.15, 0.2) is 5.76 Å². The molecule has 0 aliphatic heterocycles. The summed E-state index contributed by atoms with van der Waals surface area (Å²) in [5.74, 6) is 0.534. The molecule has 7 heteroatoms. The fourth-order valence-electron chi connectivity index (χ4n) is 2.30. The van der Waals surface area contributed by atoms with E-state index in [1.165, 1.54) is 0 Å². The molecule has 0 saturated carbocycles. The van der Waals surface area contributed by atoms with E-state index in [1.54, 1.807) is 43.3 Å². The van der Waals surface area contributed by atoms with Gasteiger partial charge in [-0.3, -0.25) is 4.72 Å². The number of benzene rings is 2. The molecule has 0 radical (unpaired) electrons. The van der Waals surface area contributed by atoms with E-state index in [-0.39, 0.29) is 4.90 Å². The van der Waals surface area contributed by atoms with Crippen molar-refractivity contribution in [2.45, 2.75) is 18.7 Å². The molecule has 0 atom stereocenters. The van der Waals surface area contributed by atoms with Gasteiger partial charge in [-0.15, -0.1) is 0 Å². The smallest absolute Gasteiger partial charge is 0.262 e. The number of aromatic nitrogens is 1. The van der Waals surface area contributed by atoms with Crippen LogP contribution < -0.4 is 4.72 Å². The Bertz CT molecular complexity index is 997. The van der Waals surface area contributed by atoms with E-state index in [1.807, 2.05) is 19.1 Å². The summed E-state index contributed by atoms with van der Waals surface area (Å²) in [6.07, 6.45) is 0. The van der Waals surface area contributed by atoms with E-state index in [0.29, 0.717) is 22.6 Å². The lowest BCUT2D eigenvalue weighted by Gasteiger charge is -2.11. The number of aryl methyl sites for hydroxylation is 2. The maximum atomic E-state index is 12.7. The maximum Gasteiger partial charge on any atom is 0.262 e. The van der Waals surface area contributed by atoms with Gasteiger partial charge in [0, 0.05) is 21.8 Å². The second kappa shape index (κ2) is 6.41. The lowest BCUT2D eigenvalue weighted by molar-refractivity contribution is 0.427. The minimum atomic E-state index is -3.72. The van der Waals surface area contributed by atoms with Crippen molar-refractivity contribution in [3.8, 4) is 11.3 Å². The molecular formula is C17H15BrN2O3S. The highest BCUT2D eigenvalue weighted by molar-refractivity contribution is 9.10. The maximum absolute atomic E-state index is 12.7. The first-order chi connectivity index (χ1) is 11.3. The Morgan fingerprint density at radius 3 is 2.54 bits per heavy atom. The summed E-state index contributed by atoms with van der Waals surface area (Å²) in [5.41, 5.74) is 2.54. The summed E-state index contributed by atoms with van der Waals surface area (Å²) in [6, 6.07) is 13.9. The molecule has 3 aromatic rings. The summed E-state index contributed by atoms with van der Waals surface area (Å²) in [5, 5.41) is 3.84. The summed E-state index contributed by atoms with van der Waals surface area (Å²) >= 11 is 3.33. The average Bonchev–Trinajstić information content (AvgIpc) is 2.93. The third kappa shape index (κ3) is 3.52. The molecule has 1 N–H and O–H groups in total. The Hall–Kier alpha value is -2.12. The molecule has 0 aliphatic carbocycles. The van der Waals surface area contributed by atoms with Gasteiger partial charge in [0.25, 0.3) is 10.0 Å². The molecule has 24 heavy (non-hydrogen) atoms. The lowest BCUT2D eigenvalue weighted by atomic mass is 10.1. The molecule has 1 heterocycles. The summed E-state index contributed by atoms with van der Waals surface area (Å²) in [4.78, 5) is 0.203. The van der Waals surface area contributed by atoms with Crippen LogP contribution in [0.3, 0.4) is 0 Å². The van der Waals surface area contributed by atoms with Crippen LogP contribution in [0.25, 0.3) is 11.3 Å². The van der Waals surface area contributed by atoms with E-state index in [0.717, 1.165) is 10.2 Å². The van der Waals surface area contributed by atoms with Crippen molar-refractivity contribution in [3.05, 3.63) is 64.3 Å². The first-order valence-electron chi connectivity index (χ1n) is 7.18. The minimum absolute atomic E-state index is 0.203. The van der Waals surface area contributed by atoms with Crippen molar-refractivity contribution in [1.29, 1.82) is 0 Å². The van der Waals surface area contributed by atoms with E-state index >= 15 is 0 Å². The number of sulfonamides is 1. The van der Waals surface area contributed by atoms with Gasteiger partial charge in [-0.25, -0.2) is 8.42 Å². The quantitative estimate of drug-likeness (QED) is 0.690. The zero-order chi connectivity index (χ0) is 17.3. The van der Waals surface area contributed by atoms with Crippen molar-refractivity contribution in [2.75, 3.05) is 4.72 Å². The van der Waals surface area contributed by atoms with Gasteiger partial charge >= 0.3 is 0 Å². The molecular weight excluding hydrogens is 392 g/mol. The number of nitrogens with one attached hydrogen (secondary N) is 1. The van der Waals surface area contributed by atoms with Gasteiger partial charge in [0.1, 0.15) is 0 Å². The topological polar surface area (TPSA) is 72.2 Å². The number of halogens is 1. The van der Waals surface area contributed by atoms with Gasteiger partial charge in [-0.1, -0.05) is 39.3 Å². The molecule has 0 amide bonds. The largest absolute Gasteiger partial charge is 0.356 e. The van der Waals surface area contributed by atoms with Gasteiger partial charge in [-0.2, -0.15) is 0 Å². The second-order valence-electron chi connectivity index (χ2n) is 5.43. The normalized spacial score (nSPS) is 11.5. The number of anilines is 1. The number of hydrogen-bond acceptors (Lipinski definition) is 4. The minimum Gasteiger partial charge on any atom is -0.356 e. The number of rotatable bonds is 4. The van der Waals surface area contributed by atoms with Crippen LogP contribution in [-0.2, 0) is 10.0 Å². The molecule has 0 fully saturated rings. The van der Waals surface area contributed by atoms with Crippen molar-refractivity contribution in [1.82, 2.24) is 5.16 Å². The van der Waals surface area contributed by atoms with Crippen molar-refractivity contribution >= 4 is 31.6 Å². The zero-order valence-corrected chi connectivity index (χ0v) is 15.5. The van der Waals surface area contributed by atoms with Crippen LogP contribution in [-0.4, -0.2) is 13.6 Å². The molecule has 0 bridgehead atoms. The average molecular weight is 407 g/mol. The molecule has 0 unspecified atom stereocenters. The lowest BCUT2D eigenvalue weighted by Crippen LogP contribution is -2.14. The van der Waals surface area contributed by atoms with Crippen LogP contribution in [0.4, 0.5) is 5.69 Å². The van der Waals surface area contributed by atoms with Gasteiger partial charge in [0.2, 0.25) is 0 Å².